The van der Waals surface area contributed by atoms with E-state index in [2.05, 4.69) is 24.3 Å². The van der Waals surface area contributed by atoms with Crippen LogP contribution in [0.2, 0.25) is 0 Å². The molecule has 4 atom stereocenters. The summed E-state index contributed by atoms with van der Waals surface area (Å²) in [5, 5.41) is 0. The molecule has 0 aromatic heterocycles. The Labute approximate surface area is 142 Å². The maximum Gasteiger partial charge on any atom is 0.115 e. The third-order valence-electron chi connectivity index (χ3n) is 4.35. The minimum atomic E-state index is -0.00414. The van der Waals surface area contributed by atoms with Crippen molar-refractivity contribution >= 4 is 0 Å². The fourth-order valence-electron chi connectivity index (χ4n) is 2.87. The molecule has 4 rings (SSSR count). The van der Waals surface area contributed by atoms with Crippen molar-refractivity contribution in [3.8, 4) is 0 Å². The van der Waals surface area contributed by atoms with Crippen LogP contribution in [-0.4, -0.2) is 37.6 Å². The lowest BCUT2D eigenvalue weighted by Crippen LogP contribution is -2.28. The molecule has 24 heavy (non-hydrogen) atoms. The van der Waals surface area contributed by atoms with Crippen molar-refractivity contribution in [3.63, 3.8) is 0 Å². The first kappa shape index (κ1) is 15.8. The van der Waals surface area contributed by atoms with Crippen LogP contribution in [-0.2, 0) is 32.2 Å². The molecule has 2 fully saturated rings. The van der Waals surface area contributed by atoms with Gasteiger partial charge in [-0.2, -0.15) is 0 Å². The highest BCUT2D eigenvalue weighted by atomic mass is 16.7. The molecular formula is C20H22O4. The Bertz CT molecular complexity index is 627. The van der Waals surface area contributed by atoms with Gasteiger partial charge in [-0.1, -0.05) is 60.7 Å². The van der Waals surface area contributed by atoms with E-state index in [0.717, 1.165) is 6.61 Å². The lowest BCUT2D eigenvalue weighted by atomic mass is 10.1. The molecular weight excluding hydrogens is 304 g/mol. The zero-order valence-electron chi connectivity index (χ0n) is 13.5. The van der Waals surface area contributed by atoms with Crippen LogP contribution in [0, 0.1) is 0 Å². The summed E-state index contributed by atoms with van der Waals surface area (Å²) in [4.78, 5) is 0. The van der Waals surface area contributed by atoms with Crippen molar-refractivity contribution in [2.45, 2.75) is 37.6 Å². The van der Waals surface area contributed by atoms with Crippen LogP contribution in [0.5, 0.6) is 0 Å². The number of ether oxygens (including phenoxy) is 4. The molecule has 0 spiro atoms. The molecule has 0 radical (unpaired) electrons. The summed E-state index contributed by atoms with van der Waals surface area (Å²) in [6, 6.07) is 20.4. The van der Waals surface area contributed by atoms with E-state index in [1.807, 2.05) is 36.4 Å². The maximum absolute atomic E-state index is 6.07. The highest BCUT2D eigenvalue weighted by Crippen LogP contribution is 2.34. The first-order valence-electron chi connectivity index (χ1n) is 8.44. The number of benzene rings is 2. The van der Waals surface area contributed by atoms with Crippen molar-refractivity contribution in [2.24, 2.45) is 0 Å². The molecule has 2 aromatic carbocycles. The Morgan fingerprint density at radius 2 is 1.54 bits per heavy atom. The van der Waals surface area contributed by atoms with Crippen molar-refractivity contribution < 1.29 is 18.9 Å². The second-order valence-corrected chi connectivity index (χ2v) is 6.27. The van der Waals surface area contributed by atoms with Gasteiger partial charge in [0.15, 0.2) is 0 Å². The van der Waals surface area contributed by atoms with E-state index in [9.17, 15) is 0 Å². The van der Waals surface area contributed by atoms with Gasteiger partial charge in [0.2, 0.25) is 0 Å². The van der Waals surface area contributed by atoms with Crippen molar-refractivity contribution in [1.29, 1.82) is 0 Å². The van der Waals surface area contributed by atoms with Crippen LogP contribution in [0.4, 0.5) is 0 Å². The average Bonchev–Trinajstić information content (AvgIpc) is 3.54. The Balaban J connectivity index is 1.22. The Hall–Kier alpha value is -1.72. The second-order valence-electron chi connectivity index (χ2n) is 6.27. The standard InChI is InChI=1S/C20H22O4/c1-3-7-15(8-4-1)11-21-13-18-20(24-18)19(17-14-22-17)23-12-16-9-5-2-6-10-16/h1-10,17-20H,11-14H2/t17-,18+,19+,20+/m0/s1. The fraction of sp³-hybridized carbons (Fsp3) is 0.400. The molecule has 0 unspecified atom stereocenters. The third kappa shape index (κ3) is 4.22. The molecule has 0 amide bonds. The first-order chi connectivity index (χ1) is 11.9. The van der Waals surface area contributed by atoms with E-state index >= 15 is 0 Å². The molecule has 2 aliphatic rings. The van der Waals surface area contributed by atoms with Crippen LogP contribution < -0.4 is 0 Å². The highest BCUT2D eigenvalue weighted by Gasteiger charge is 2.52. The number of hydrogen-bond acceptors (Lipinski definition) is 4. The average molecular weight is 326 g/mol. The molecule has 126 valence electrons. The first-order valence-corrected chi connectivity index (χ1v) is 8.44. The summed E-state index contributed by atoms with van der Waals surface area (Å²) in [5.74, 6) is 0. The minimum Gasteiger partial charge on any atom is -0.374 e. The fourth-order valence-corrected chi connectivity index (χ4v) is 2.87. The van der Waals surface area contributed by atoms with Gasteiger partial charge in [-0.15, -0.1) is 0 Å². The molecule has 2 aromatic rings. The second kappa shape index (κ2) is 7.45. The Kier molecular flexibility index (Phi) is 4.90. The van der Waals surface area contributed by atoms with Crippen LogP contribution >= 0.6 is 0 Å². The normalized spacial score (nSPS) is 26.1. The smallest absolute Gasteiger partial charge is 0.115 e. The van der Waals surface area contributed by atoms with E-state index in [1.54, 1.807) is 0 Å². The summed E-state index contributed by atoms with van der Waals surface area (Å²) in [7, 11) is 0. The Morgan fingerprint density at radius 3 is 2.17 bits per heavy atom. The van der Waals surface area contributed by atoms with Gasteiger partial charge < -0.3 is 18.9 Å². The maximum atomic E-state index is 6.07. The van der Waals surface area contributed by atoms with Gasteiger partial charge in [0.25, 0.3) is 0 Å². The summed E-state index contributed by atoms with van der Waals surface area (Å²) in [6.07, 6.45) is 0.351. The molecule has 0 N–H and O–H groups in total. The predicted molar refractivity (Wildman–Crippen MR) is 89.5 cm³/mol. The summed E-state index contributed by atoms with van der Waals surface area (Å²) in [5.41, 5.74) is 2.35. The minimum absolute atomic E-state index is 0.00414. The molecule has 2 saturated heterocycles. The van der Waals surface area contributed by atoms with E-state index < -0.39 is 0 Å². The van der Waals surface area contributed by atoms with E-state index in [0.29, 0.717) is 19.8 Å². The Morgan fingerprint density at radius 1 is 0.917 bits per heavy atom. The molecule has 0 aliphatic carbocycles. The zero-order valence-corrected chi connectivity index (χ0v) is 13.5. The monoisotopic (exact) mass is 326 g/mol. The quantitative estimate of drug-likeness (QED) is 0.665. The van der Waals surface area contributed by atoms with Gasteiger partial charge in [-0.05, 0) is 11.1 Å². The summed E-state index contributed by atoms with van der Waals surface area (Å²) in [6.45, 7) is 2.56. The topological polar surface area (TPSA) is 43.5 Å². The van der Waals surface area contributed by atoms with Gasteiger partial charge in [0.1, 0.15) is 24.4 Å². The van der Waals surface area contributed by atoms with Gasteiger partial charge in [-0.25, -0.2) is 0 Å². The molecule has 4 nitrogen and oxygen atoms in total. The van der Waals surface area contributed by atoms with Gasteiger partial charge in [-0.3, -0.25) is 0 Å². The lowest BCUT2D eigenvalue weighted by molar-refractivity contribution is 0.00396. The van der Waals surface area contributed by atoms with Gasteiger partial charge >= 0.3 is 0 Å². The van der Waals surface area contributed by atoms with E-state index in [4.69, 9.17) is 18.9 Å². The molecule has 4 heteroatoms. The number of epoxide rings is 2. The zero-order chi connectivity index (χ0) is 16.2. The molecule has 2 aliphatic heterocycles. The molecule has 0 saturated carbocycles. The van der Waals surface area contributed by atoms with E-state index in [-0.39, 0.29) is 24.4 Å². The van der Waals surface area contributed by atoms with Crippen molar-refractivity contribution in [3.05, 3.63) is 71.8 Å². The SMILES string of the molecule is c1ccc(COC[C@H]2O[C@H]2[C@H](OCc2ccccc2)[C@@H]2CO2)cc1. The van der Waals surface area contributed by atoms with Crippen LogP contribution in [0.15, 0.2) is 60.7 Å². The summed E-state index contributed by atoms with van der Waals surface area (Å²) < 4.78 is 23.0. The van der Waals surface area contributed by atoms with Crippen LogP contribution in [0.3, 0.4) is 0 Å². The number of rotatable bonds is 9. The van der Waals surface area contributed by atoms with Gasteiger partial charge in [0, 0.05) is 0 Å². The summed E-state index contributed by atoms with van der Waals surface area (Å²) >= 11 is 0. The molecule has 0 bridgehead atoms. The lowest BCUT2D eigenvalue weighted by Gasteiger charge is -2.14. The predicted octanol–water partition coefficient (Wildman–Crippen LogP) is 2.95. The van der Waals surface area contributed by atoms with Gasteiger partial charge in [0.05, 0.1) is 26.4 Å². The van der Waals surface area contributed by atoms with Crippen LogP contribution in [0.25, 0.3) is 0 Å². The number of hydrogen-bond donors (Lipinski definition) is 0. The largest absolute Gasteiger partial charge is 0.374 e. The van der Waals surface area contributed by atoms with E-state index in [1.165, 1.54) is 11.1 Å². The van der Waals surface area contributed by atoms with Crippen LogP contribution in [0.1, 0.15) is 11.1 Å². The van der Waals surface area contributed by atoms with Crippen molar-refractivity contribution in [2.75, 3.05) is 13.2 Å². The highest BCUT2D eigenvalue weighted by molar-refractivity contribution is 5.14. The van der Waals surface area contributed by atoms with Crippen molar-refractivity contribution in [1.82, 2.24) is 0 Å². The third-order valence-corrected chi connectivity index (χ3v) is 4.35. The molecule has 2 heterocycles.